The molecule has 6 nitrogen and oxygen atoms in total. The number of anilines is 1. The van der Waals surface area contributed by atoms with Gasteiger partial charge < -0.3 is 20.1 Å². The SMILES string of the molecule is CCOC(=O)COc1ccc(/C=C2\SC(Nc3ccc(Cl)cc3C)NC2=O)cc1Br. The van der Waals surface area contributed by atoms with E-state index in [1.54, 1.807) is 25.1 Å². The lowest BCUT2D eigenvalue weighted by Gasteiger charge is -2.15. The summed E-state index contributed by atoms with van der Waals surface area (Å²) < 4.78 is 11.0. The molecule has 1 aliphatic heterocycles. The number of aryl methyl sites for hydroxylation is 1. The zero-order chi connectivity index (χ0) is 21.7. The number of benzene rings is 2. The minimum Gasteiger partial charge on any atom is -0.481 e. The van der Waals surface area contributed by atoms with E-state index in [9.17, 15) is 9.59 Å². The van der Waals surface area contributed by atoms with Gasteiger partial charge in [0.05, 0.1) is 16.0 Å². The maximum Gasteiger partial charge on any atom is 0.344 e. The molecule has 0 bridgehead atoms. The summed E-state index contributed by atoms with van der Waals surface area (Å²) in [5, 5.41) is 6.88. The largest absolute Gasteiger partial charge is 0.481 e. The van der Waals surface area contributed by atoms with Gasteiger partial charge in [-0.3, -0.25) is 4.79 Å². The molecule has 1 amide bonds. The molecule has 0 aliphatic carbocycles. The Bertz CT molecular complexity index is 999. The van der Waals surface area contributed by atoms with E-state index >= 15 is 0 Å². The van der Waals surface area contributed by atoms with Crippen LogP contribution in [-0.2, 0) is 14.3 Å². The van der Waals surface area contributed by atoms with Crippen LogP contribution in [0.5, 0.6) is 5.75 Å². The minimum atomic E-state index is -0.427. The normalized spacial score (nSPS) is 17.0. The van der Waals surface area contributed by atoms with E-state index < -0.39 is 5.97 Å². The summed E-state index contributed by atoms with van der Waals surface area (Å²) in [6.07, 6.45) is 1.80. The van der Waals surface area contributed by atoms with E-state index in [-0.39, 0.29) is 18.0 Å². The zero-order valence-electron chi connectivity index (χ0n) is 16.3. The smallest absolute Gasteiger partial charge is 0.344 e. The van der Waals surface area contributed by atoms with Crippen molar-refractivity contribution in [1.82, 2.24) is 5.32 Å². The monoisotopic (exact) mass is 510 g/mol. The molecule has 1 unspecified atom stereocenters. The summed E-state index contributed by atoms with van der Waals surface area (Å²) in [5.74, 6) is -0.0570. The summed E-state index contributed by atoms with van der Waals surface area (Å²) in [7, 11) is 0. The molecule has 2 aromatic carbocycles. The molecular weight excluding hydrogens is 492 g/mol. The summed E-state index contributed by atoms with van der Waals surface area (Å²) in [4.78, 5) is 24.4. The fraction of sp³-hybridized carbons (Fsp3) is 0.238. The van der Waals surface area contributed by atoms with E-state index in [1.807, 2.05) is 31.2 Å². The van der Waals surface area contributed by atoms with Gasteiger partial charge in [-0.1, -0.05) is 29.4 Å². The van der Waals surface area contributed by atoms with E-state index in [0.717, 1.165) is 16.8 Å². The van der Waals surface area contributed by atoms with Gasteiger partial charge >= 0.3 is 5.97 Å². The van der Waals surface area contributed by atoms with Crippen molar-refractivity contribution in [3.05, 3.63) is 61.9 Å². The van der Waals surface area contributed by atoms with Gasteiger partial charge in [-0.25, -0.2) is 4.79 Å². The molecule has 1 heterocycles. The van der Waals surface area contributed by atoms with Crippen molar-refractivity contribution in [3.8, 4) is 5.75 Å². The molecule has 30 heavy (non-hydrogen) atoms. The first-order valence-electron chi connectivity index (χ1n) is 9.15. The Morgan fingerprint density at radius 3 is 2.83 bits per heavy atom. The van der Waals surface area contributed by atoms with Crippen LogP contribution in [0.25, 0.3) is 6.08 Å². The third kappa shape index (κ3) is 5.93. The van der Waals surface area contributed by atoms with Crippen molar-refractivity contribution in [1.29, 1.82) is 0 Å². The second-order valence-electron chi connectivity index (χ2n) is 6.37. The number of thioether (sulfide) groups is 1. The quantitative estimate of drug-likeness (QED) is 0.404. The molecule has 0 aromatic heterocycles. The Labute approximate surface area is 192 Å². The average Bonchev–Trinajstić information content (AvgIpc) is 3.02. The summed E-state index contributed by atoms with van der Waals surface area (Å²) >= 11 is 10.8. The van der Waals surface area contributed by atoms with E-state index in [4.69, 9.17) is 21.1 Å². The number of amides is 1. The highest BCUT2D eigenvalue weighted by Gasteiger charge is 2.27. The average molecular weight is 512 g/mol. The van der Waals surface area contributed by atoms with Crippen molar-refractivity contribution in [2.45, 2.75) is 19.3 Å². The molecule has 0 radical (unpaired) electrons. The van der Waals surface area contributed by atoms with Gasteiger partial charge in [0.2, 0.25) is 0 Å². The number of esters is 1. The molecule has 1 saturated heterocycles. The first-order chi connectivity index (χ1) is 14.4. The van der Waals surface area contributed by atoms with Gasteiger partial charge in [-0.2, -0.15) is 0 Å². The van der Waals surface area contributed by atoms with Crippen LogP contribution in [0.4, 0.5) is 5.69 Å². The second kappa shape index (κ2) is 10.2. The van der Waals surface area contributed by atoms with Crippen molar-refractivity contribution in [2.75, 3.05) is 18.5 Å². The highest BCUT2D eigenvalue weighted by atomic mass is 79.9. The zero-order valence-corrected chi connectivity index (χ0v) is 19.5. The number of nitrogens with one attached hydrogen (secondary N) is 2. The number of hydrogen-bond donors (Lipinski definition) is 2. The lowest BCUT2D eigenvalue weighted by molar-refractivity contribution is -0.145. The summed E-state index contributed by atoms with van der Waals surface area (Å²) in [6, 6.07) is 10.9. The lowest BCUT2D eigenvalue weighted by atomic mass is 10.2. The van der Waals surface area contributed by atoms with Crippen LogP contribution in [-0.4, -0.2) is 30.6 Å². The van der Waals surface area contributed by atoms with Gasteiger partial charge in [0.15, 0.2) is 12.1 Å². The van der Waals surface area contributed by atoms with Crippen LogP contribution >= 0.6 is 39.3 Å². The Morgan fingerprint density at radius 1 is 1.33 bits per heavy atom. The first-order valence-corrected chi connectivity index (χ1v) is 11.2. The van der Waals surface area contributed by atoms with E-state index in [0.29, 0.717) is 26.8 Å². The van der Waals surface area contributed by atoms with Crippen LogP contribution in [0.15, 0.2) is 45.8 Å². The fourth-order valence-corrected chi connectivity index (χ4v) is 4.42. The molecule has 2 N–H and O–H groups in total. The molecule has 1 atom stereocenters. The Morgan fingerprint density at radius 2 is 2.13 bits per heavy atom. The third-order valence-corrected chi connectivity index (χ3v) is 5.99. The van der Waals surface area contributed by atoms with Crippen LogP contribution in [0, 0.1) is 6.92 Å². The van der Waals surface area contributed by atoms with Gasteiger partial charge in [0, 0.05) is 10.7 Å². The number of hydrogen-bond acceptors (Lipinski definition) is 6. The topological polar surface area (TPSA) is 76.7 Å². The summed E-state index contributed by atoms with van der Waals surface area (Å²) in [6.45, 7) is 3.84. The lowest BCUT2D eigenvalue weighted by Crippen LogP contribution is -2.31. The Hall–Kier alpha value is -2.16. The molecule has 3 rings (SSSR count). The van der Waals surface area contributed by atoms with Gasteiger partial charge in [-0.15, -0.1) is 0 Å². The van der Waals surface area contributed by atoms with Crippen LogP contribution in [0.1, 0.15) is 18.1 Å². The number of ether oxygens (including phenoxy) is 2. The number of carbonyl (C=O) groups is 2. The second-order valence-corrected chi connectivity index (χ2v) is 8.80. The van der Waals surface area contributed by atoms with Gasteiger partial charge in [0.1, 0.15) is 5.75 Å². The predicted molar refractivity (Wildman–Crippen MR) is 124 cm³/mol. The van der Waals surface area contributed by atoms with Crippen LogP contribution < -0.4 is 15.4 Å². The third-order valence-electron chi connectivity index (χ3n) is 4.11. The van der Waals surface area contributed by atoms with Crippen molar-refractivity contribution in [3.63, 3.8) is 0 Å². The highest BCUT2D eigenvalue weighted by Crippen LogP contribution is 2.33. The van der Waals surface area contributed by atoms with Crippen molar-refractivity contribution >= 4 is 62.9 Å². The standard InChI is InChI=1S/C21H20BrClN2O4S/c1-3-28-19(26)11-29-17-7-4-13(9-15(17)22)10-18-20(27)25-21(30-18)24-16-6-5-14(23)8-12(16)2/h4-10,21,24H,3,11H2,1-2H3,(H,25,27)/b18-10-. The van der Waals surface area contributed by atoms with Gasteiger partial charge in [-0.05, 0) is 77.3 Å². The maximum atomic E-state index is 12.4. The number of carbonyl (C=O) groups excluding carboxylic acids is 2. The molecule has 0 spiro atoms. The van der Waals surface area contributed by atoms with Crippen LogP contribution in [0.3, 0.4) is 0 Å². The fourth-order valence-electron chi connectivity index (χ4n) is 2.71. The molecule has 0 saturated carbocycles. The predicted octanol–water partition coefficient (Wildman–Crippen LogP) is 4.95. The molecular formula is C21H20BrClN2O4S. The van der Waals surface area contributed by atoms with Gasteiger partial charge in [0.25, 0.3) is 5.91 Å². The number of halogens is 2. The highest BCUT2D eigenvalue weighted by molar-refractivity contribution is 9.10. The summed E-state index contributed by atoms with van der Waals surface area (Å²) in [5.41, 5.74) is 2.45. The van der Waals surface area contributed by atoms with E-state index in [2.05, 4.69) is 26.6 Å². The molecule has 2 aromatic rings. The maximum absolute atomic E-state index is 12.4. The first kappa shape index (κ1) is 22.5. The minimum absolute atomic E-state index is 0.150. The molecule has 1 fully saturated rings. The Balaban J connectivity index is 1.65. The number of rotatable bonds is 7. The van der Waals surface area contributed by atoms with E-state index in [1.165, 1.54) is 11.8 Å². The van der Waals surface area contributed by atoms with Crippen molar-refractivity contribution in [2.24, 2.45) is 0 Å². The Kier molecular flexibility index (Phi) is 7.69. The van der Waals surface area contributed by atoms with Crippen LogP contribution in [0.2, 0.25) is 5.02 Å². The molecule has 158 valence electrons. The molecule has 1 aliphatic rings. The van der Waals surface area contributed by atoms with Crippen molar-refractivity contribution < 1.29 is 19.1 Å². The molecule has 9 heteroatoms.